The van der Waals surface area contributed by atoms with E-state index in [4.69, 9.17) is 19.3 Å². The lowest BCUT2D eigenvalue weighted by molar-refractivity contribution is -0.114. The molecule has 0 saturated carbocycles. The van der Waals surface area contributed by atoms with Gasteiger partial charge >= 0.3 is 0 Å². The largest absolute Gasteiger partial charge is 0.361 e. The number of nitrogens with one attached hydrogen (secondary N) is 1. The summed E-state index contributed by atoms with van der Waals surface area (Å²) in [5.74, 6) is -0.642. The molecule has 1 N–H and O–H groups in total. The highest BCUT2D eigenvalue weighted by Gasteiger charge is 2.32. The number of benzene rings is 3. The Hall–Kier alpha value is -4.94. The molecular formula is C33H28F2N6O3S. The van der Waals surface area contributed by atoms with Crippen LogP contribution in [0.4, 0.5) is 20.2 Å². The molecule has 1 atom stereocenters. The quantitative estimate of drug-likeness (QED) is 0.200. The van der Waals surface area contributed by atoms with Gasteiger partial charge in [0.1, 0.15) is 17.6 Å². The van der Waals surface area contributed by atoms with E-state index in [0.29, 0.717) is 41.1 Å². The first-order chi connectivity index (χ1) is 21.8. The van der Waals surface area contributed by atoms with Crippen LogP contribution in [0.5, 0.6) is 0 Å². The minimum absolute atomic E-state index is 0.139. The van der Waals surface area contributed by atoms with Crippen molar-refractivity contribution in [2.24, 2.45) is 0 Å². The van der Waals surface area contributed by atoms with Gasteiger partial charge in [-0.3, -0.25) is 14.2 Å². The molecule has 3 aromatic heterocycles. The molecule has 4 heterocycles. The van der Waals surface area contributed by atoms with Gasteiger partial charge in [-0.05, 0) is 68.7 Å². The number of imidazole rings is 1. The summed E-state index contributed by atoms with van der Waals surface area (Å²) in [5, 5.41) is 11.2. The zero-order valence-corrected chi connectivity index (χ0v) is 25.5. The van der Waals surface area contributed by atoms with E-state index >= 15 is 0 Å². The number of carbonyl (C=O) groups excluding carboxylic acids is 1. The molecule has 1 saturated heterocycles. The van der Waals surface area contributed by atoms with Crippen LogP contribution in [0.1, 0.15) is 43.1 Å². The molecule has 1 aliphatic heterocycles. The number of halogens is 2. The number of aryl methyl sites for hydroxylation is 2. The molecule has 12 heteroatoms. The molecule has 1 fully saturated rings. The lowest BCUT2D eigenvalue weighted by atomic mass is 10.0. The number of nitrogens with zero attached hydrogens (tertiary/aromatic N) is 5. The predicted octanol–water partition coefficient (Wildman–Crippen LogP) is 7.93. The highest BCUT2D eigenvalue weighted by atomic mass is 32.1. The number of hydrogen-bond acceptors (Lipinski definition) is 8. The fourth-order valence-electron chi connectivity index (χ4n) is 5.76. The Bertz CT molecular complexity index is 2030. The highest BCUT2D eigenvalue weighted by molar-refractivity contribution is 7.12. The summed E-state index contributed by atoms with van der Waals surface area (Å²) in [6.45, 7) is 5.68. The Morgan fingerprint density at radius 1 is 1.00 bits per heavy atom. The lowest BCUT2D eigenvalue weighted by Crippen LogP contribution is -2.35. The summed E-state index contributed by atoms with van der Waals surface area (Å²) in [6, 6.07) is 16.8. The third-order valence-corrected chi connectivity index (χ3v) is 8.60. The number of hydrogen-bond donors (Lipinski definition) is 1. The first-order valence-electron chi connectivity index (χ1n) is 14.4. The Labute approximate surface area is 261 Å². The summed E-state index contributed by atoms with van der Waals surface area (Å²) in [7, 11) is 0. The van der Waals surface area contributed by atoms with Crippen molar-refractivity contribution in [2.45, 2.75) is 39.7 Å². The van der Waals surface area contributed by atoms with E-state index in [9.17, 15) is 13.6 Å². The van der Waals surface area contributed by atoms with E-state index in [1.54, 1.807) is 5.06 Å². The van der Waals surface area contributed by atoms with Crippen LogP contribution >= 0.6 is 11.3 Å². The molecular weight excluding hydrogens is 598 g/mol. The monoisotopic (exact) mass is 626 g/mol. The molecule has 0 aliphatic carbocycles. The van der Waals surface area contributed by atoms with E-state index < -0.39 is 17.7 Å². The second-order valence-electron chi connectivity index (χ2n) is 10.9. The number of anilines is 2. The van der Waals surface area contributed by atoms with Gasteiger partial charge in [-0.2, -0.15) is 0 Å². The van der Waals surface area contributed by atoms with Crippen LogP contribution in [0.25, 0.3) is 38.5 Å². The molecule has 0 spiro atoms. The topological polar surface area (TPSA) is 98.3 Å². The average Bonchev–Trinajstić information content (AvgIpc) is 3.75. The van der Waals surface area contributed by atoms with Gasteiger partial charge in [0.25, 0.3) is 0 Å². The number of hydroxylamine groups is 1. The Kier molecular flexibility index (Phi) is 7.38. The van der Waals surface area contributed by atoms with Gasteiger partial charge in [0.05, 0.1) is 34.7 Å². The number of aromatic nitrogens is 4. The third-order valence-electron chi connectivity index (χ3n) is 7.78. The van der Waals surface area contributed by atoms with Crippen LogP contribution in [0.2, 0.25) is 0 Å². The van der Waals surface area contributed by atoms with Gasteiger partial charge in [-0.15, -0.1) is 11.3 Å². The fourth-order valence-corrected chi connectivity index (χ4v) is 6.61. The number of amides is 1. The lowest BCUT2D eigenvalue weighted by Gasteiger charge is -2.35. The second kappa shape index (κ2) is 11.5. The summed E-state index contributed by atoms with van der Waals surface area (Å²) in [5.41, 5.74) is 6.94. The van der Waals surface area contributed by atoms with Gasteiger partial charge in [0.15, 0.2) is 16.8 Å². The van der Waals surface area contributed by atoms with Crippen molar-refractivity contribution in [3.05, 3.63) is 95.0 Å². The zero-order chi connectivity index (χ0) is 31.2. The smallest absolute Gasteiger partial charge is 0.221 e. The van der Waals surface area contributed by atoms with Gasteiger partial charge in [0, 0.05) is 35.2 Å². The van der Waals surface area contributed by atoms with Crippen LogP contribution in [-0.2, 0) is 9.63 Å². The molecule has 0 bridgehead atoms. The maximum Gasteiger partial charge on any atom is 0.221 e. The van der Waals surface area contributed by atoms with Crippen molar-refractivity contribution in [1.29, 1.82) is 0 Å². The first kappa shape index (κ1) is 28.8. The minimum Gasteiger partial charge on any atom is -0.361 e. The van der Waals surface area contributed by atoms with E-state index in [-0.39, 0.29) is 5.91 Å². The Morgan fingerprint density at radius 3 is 2.53 bits per heavy atom. The van der Waals surface area contributed by atoms with E-state index in [1.165, 1.54) is 24.3 Å². The summed E-state index contributed by atoms with van der Waals surface area (Å²) in [6.07, 6.45) is 1.42. The average molecular weight is 627 g/mol. The maximum absolute atomic E-state index is 14.4. The van der Waals surface area contributed by atoms with E-state index in [1.807, 2.05) is 66.3 Å². The fraction of sp³-hybridized carbons (Fsp3) is 0.212. The standard InChI is InChI=1S/C33H28F2N6O3S/c1-18-31(19(2)44-39-18)22-8-13-29-27(15-22)37-32(30-5-4-14-43-41(30)24-11-12-25(34)26(35)16-24)40(29)33-38-28(17-45-33)21-6-9-23(10-7-21)36-20(3)42/h6-13,15-17,30H,4-5,14H2,1-3H3,(H,36,42). The van der Waals surface area contributed by atoms with Crippen LogP contribution < -0.4 is 10.4 Å². The van der Waals surface area contributed by atoms with Crippen molar-refractivity contribution in [3.8, 4) is 27.5 Å². The van der Waals surface area contributed by atoms with Crippen molar-refractivity contribution >= 4 is 39.7 Å². The van der Waals surface area contributed by atoms with Crippen LogP contribution in [-0.4, -0.2) is 32.2 Å². The minimum atomic E-state index is -0.952. The van der Waals surface area contributed by atoms with Crippen molar-refractivity contribution in [1.82, 2.24) is 19.7 Å². The number of fused-ring (bicyclic) bond motifs is 1. The summed E-state index contributed by atoms with van der Waals surface area (Å²) in [4.78, 5) is 27.6. The second-order valence-corrected chi connectivity index (χ2v) is 11.7. The summed E-state index contributed by atoms with van der Waals surface area (Å²) < 4.78 is 35.6. The summed E-state index contributed by atoms with van der Waals surface area (Å²) >= 11 is 1.47. The van der Waals surface area contributed by atoms with Crippen molar-refractivity contribution in [2.75, 3.05) is 17.0 Å². The molecule has 228 valence electrons. The van der Waals surface area contributed by atoms with Crippen molar-refractivity contribution < 1.29 is 22.9 Å². The van der Waals surface area contributed by atoms with Gasteiger partial charge in [-0.25, -0.2) is 23.8 Å². The molecule has 3 aromatic carbocycles. The third kappa shape index (κ3) is 5.36. The van der Waals surface area contributed by atoms with Gasteiger partial charge in [0.2, 0.25) is 5.91 Å². The Balaban J connectivity index is 1.36. The van der Waals surface area contributed by atoms with Crippen LogP contribution in [0.15, 0.2) is 70.6 Å². The molecule has 1 aliphatic rings. The molecule has 0 radical (unpaired) electrons. The number of rotatable bonds is 6. The number of carbonyl (C=O) groups is 1. The Morgan fingerprint density at radius 2 is 1.80 bits per heavy atom. The molecule has 45 heavy (non-hydrogen) atoms. The molecule has 6 aromatic rings. The highest BCUT2D eigenvalue weighted by Crippen LogP contribution is 2.39. The molecule has 7 rings (SSSR count). The van der Waals surface area contributed by atoms with Gasteiger partial charge in [-0.1, -0.05) is 23.4 Å². The number of thiazole rings is 1. The SMILES string of the molecule is CC(=O)Nc1ccc(-c2csc(-n3c(C4CCCON4c4ccc(F)c(F)c4)nc4cc(-c5c(C)noc5C)ccc43)n2)cc1. The molecule has 9 nitrogen and oxygen atoms in total. The predicted molar refractivity (Wildman–Crippen MR) is 168 cm³/mol. The molecule has 1 unspecified atom stereocenters. The zero-order valence-electron chi connectivity index (χ0n) is 24.7. The van der Waals surface area contributed by atoms with E-state index in [0.717, 1.165) is 57.7 Å². The maximum atomic E-state index is 14.4. The molecule has 1 amide bonds. The first-order valence-corrected chi connectivity index (χ1v) is 15.3. The van der Waals surface area contributed by atoms with Crippen molar-refractivity contribution in [3.63, 3.8) is 0 Å². The normalized spacial score (nSPS) is 15.1. The van der Waals surface area contributed by atoms with Gasteiger partial charge < -0.3 is 9.84 Å². The van der Waals surface area contributed by atoms with E-state index in [2.05, 4.69) is 10.5 Å². The van der Waals surface area contributed by atoms with Crippen LogP contribution in [0.3, 0.4) is 0 Å². The van der Waals surface area contributed by atoms with Crippen LogP contribution in [0, 0.1) is 25.5 Å².